The second-order valence-corrected chi connectivity index (χ2v) is 4.45. The quantitative estimate of drug-likeness (QED) is 0.775. The van der Waals surface area contributed by atoms with Gasteiger partial charge in [-0.05, 0) is 30.7 Å². The Morgan fingerprint density at radius 1 is 1.41 bits per heavy atom. The molecule has 0 fully saturated rings. The van der Waals surface area contributed by atoms with Crippen molar-refractivity contribution in [1.82, 2.24) is 5.32 Å². The van der Waals surface area contributed by atoms with Crippen molar-refractivity contribution in [3.8, 4) is 0 Å². The molecule has 0 aliphatic carbocycles. The molecule has 0 radical (unpaired) electrons. The van der Waals surface area contributed by atoms with Gasteiger partial charge in [0.25, 0.3) is 6.02 Å². The van der Waals surface area contributed by atoms with Gasteiger partial charge in [-0.15, -0.1) is 0 Å². The highest BCUT2D eigenvalue weighted by atomic mass is 35.5. The zero-order chi connectivity index (χ0) is 12.1. The summed E-state index contributed by atoms with van der Waals surface area (Å²) >= 11 is 5.82. The van der Waals surface area contributed by atoms with E-state index in [1.807, 2.05) is 24.3 Å². The minimum absolute atomic E-state index is 0.153. The minimum atomic E-state index is 0.153. The van der Waals surface area contributed by atoms with Crippen molar-refractivity contribution in [2.24, 2.45) is 10.7 Å². The molecule has 1 aliphatic rings. The van der Waals surface area contributed by atoms with E-state index in [9.17, 15) is 0 Å². The average molecular weight is 254 g/mol. The summed E-state index contributed by atoms with van der Waals surface area (Å²) in [5.74, 6) is 0. The Morgan fingerprint density at radius 3 is 2.82 bits per heavy atom. The molecule has 2 rings (SSSR count). The normalized spacial score (nSPS) is 18.9. The van der Waals surface area contributed by atoms with E-state index in [1.54, 1.807) is 0 Å². The van der Waals surface area contributed by atoms with Crippen molar-refractivity contribution < 1.29 is 4.74 Å². The monoisotopic (exact) mass is 253 g/mol. The van der Waals surface area contributed by atoms with Gasteiger partial charge in [-0.2, -0.15) is 0 Å². The molecule has 0 unspecified atom stereocenters. The molecule has 1 aliphatic heterocycles. The van der Waals surface area contributed by atoms with E-state index in [0.29, 0.717) is 12.6 Å². The first-order valence-electron chi connectivity index (χ1n) is 5.65. The van der Waals surface area contributed by atoms with Crippen LogP contribution in [0.4, 0.5) is 0 Å². The van der Waals surface area contributed by atoms with Crippen LogP contribution in [0, 0.1) is 0 Å². The number of amidine groups is 1. The highest BCUT2D eigenvalue weighted by Gasteiger charge is 2.15. The summed E-state index contributed by atoms with van der Waals surface area (Å²) in [6, 6.07) is 8.35. The first-order chi connectivity index (χ1) is 8.24. The van der Waals surface area contributed by atoms with Crippen LogP contribution in [-0.4, -0.2) is 31.8 Å². The molecule has 1 heterocycles. The topological polar surface area (TPSA) is 59.6 Å². The summed E-state index contributed by atoms with van der Waals surface area (Å²) in [5.41, 5.74) is 6.69. The molecule has 1 aromatic carbocycles. The fourth-order valence-corrected chi connectivity index (χ4v) is 1.82. The lowest BCUT2D eigenvalue weighted by Gasteiger charge is -2.07. The molecule has 0 amide bonds. The SMILES string of the molecule is NC1=N[C@H](CNCCc2ccc(Cl)cc2)CO1. The number of rotatable bonds is 5. The van der Waals surface area contributed by atoms with E-state index in [4.69, 9.17) is 22.1 Å². The number of aliphatic imine (C=N–C) groups is 1. The molecule has 0 aromatic heterocycles. The molecule has 4 nitrogen and oxygen atoms in total. The van der Waals surface area contributed by atoms with Crippen molar-refractivity contribution in [2.45, 2.75) is 12.5 Å². The molecular formula is C12H16ClN3O. The third kappa shape index (κ3) is 3.91. The molecule has 0 saturated carbocycles. The van der Waals surface area contributed by atoms with Crippen LogP contribution in [0.1, 0.15) is 5.56 Å². The largest absolute Gasteiger partial charge is 0.463 e. The summed E-state index contributed by atoms with van der Waals surface area (Å²) in [6.07, 6.45) is 0.976. The van der Waals surface area contributed by atoms with Gasteiger partial charge in [0.1, 0.15) is 12.6 Å². The zero-order valence-corrected chi connectivity index (χ0v) is 10.3. The van der Waals surface area contributed by atoms with Crippen LogP contribution in [0.15, 0.2) is 29.3 Å². The summed E-state index contributed by atoms with van der Waals surface area (Å²) in [4.78, 5) is 4.14. The highest BCUT2D eigenvalue weighted by Crippen LogP contribution is 2.09. The molecular weight excluding hydrogens is 238 g/mol. The van der Waals surface area contributed by atoms with Crippen LogP contribution in [0.2, 0.25) is 5.02 Å². The molecule has 0 bridgehead atoms. The van der Waals surface area contributed by atoms with Gasteiger partial charge in [0, 0.05) is 11.6 Å². The second-order valence-electron chi connectivity index (χ2n) is 4.01. The zero-order valence-electron chi connectivity index (χ0n) is 9.53. The van der Waals surface area contributed by atoms with Gasteiger partial charge in [-0.3, -0.25) is 0 Å². The summed E-state index contributed by atoms with van der Waals surface area (Å²) in [5, 5.41) is 4.11. The third-order valence-electron chi connectivity index (χ3n) is 2.62. The van der Waals surface area contributed by atoms with E-state index >= 15 is 0 Å². The Labute approximate surface area is 106 Å². The predicted octanol–water partition coefficient (Wildman–Crippen LogP) is 1.19. The number of benzene rings is 1. The van der Waals surface area contributed by atoms with Gasteiger partial charge in [-0.1, -0.05) is 23.7 Å². The molecule has 5 heteroatoms. The lowest BCUT2D eigenvalue weighted by atomic mass is 10.1. The average Bonchev–Trinajstić information content (AvgIpc) is 2.73. The van der Waals surface area contributed by atoms with Crippen LogP contribution >= 0.6 is 11.6 Å². The predicted molar refractivity (Wildman–Crippen MR) is 69.4 cm³/mol. The van der Waals surface area contributed by atoms with E-state index in [0.717, 1.165) is 24.5 Å². The lowest BCUT2D eigenvalue weighted by molar-refractivity contribution is 0.309. The van der Waals surface area contributed by atoms with Crippen LogP contribution in [0.25, 0.3) is 0 Å². The van der Waals surface area contributed by atoms with E-state index in [-0.39, 0.29) is 6.04 Å². The Bertz CT molecular complexity index is 391. The molecule has 3 N–H and O–H groups in total. The Kier molecular flexibility index (Phi) is 4.23. The molecule has 0 spiro atoms. The molecule has 92 valence electrons. The number of hydrogen-bond donors (Lipinski definition) is 2. The second kappa shape index (κ2) is 5.89. The fourth-order valence-electron chi connectivity index (χ4n) is 1.69. The van der Waals surface area contributed by atoms with Gasteiger partial charge < -0.3 is 15.8 Å². The van der Waals surface area contributed by atoms with Crippen molar-refractivity contribution in [2.75, 3.05) is 19.7 Å². The number of halogens is 1. The maximum absolute atomic E-state index is 5.82. The smallest absolute Gasteiger partial charge is 0.282 e. The number of nitrogens with one attached hydrogen (secondary N) is 1. The Hall–Kier alpha value is -1.26. The molecule has 17 heavy (non-hydrogen) atoms. The number of nitrogens with zero attached hydrogens (tertiary/aromatic N) is 1. The van der Waals surface area contributed by atoms with Crippen LogP contribution in [0.3, 0.4) is 0 Å². The summed E-state index contributed by atoms with van der Waals surface area (Å²) in [7, 11) is 0. The molecule has 0 saturated heterocycles. The van der Waals surface area contributed by atoms with Gasteiger partial charge in [-0.25, -0.2) is 4.99 Å². The van der Waals surface area contributed by atoms with Crippen molar-refractivity contribution in [1.29, 1.82) is 0 Å². The van der Waals surface area contributed by atoms with E-state index in [1.165, 1.54) is 5.56 Å². The summed E-state index contributed by atoms with van der Waals surface area (Å²) < 4.78 is 5.07. The minimum Gasteiger partial charge on any atom is -0.463 e. The third-order valence-corrected chi connectivity index (χ3v) is 2.87. The van der Waals surface area contributed by atoms with Crippen LogP contribution in [-0.2, 0) is 11.2 Å². The Morgan fingerprint density at radius 2 is 2.18 bits per heavy atom. The van der Waals surface area contributed by atoms with Gasteiger partial charge >= 0.3 is 0 Å². The first-order valence-corrected chi connectivity index (χ1v) is 6.03. The number of ether oxygens (including phenoxy) is 1. The van der Waals surface area contributed by atoms with Gasteiger partial charge in [0.2, 0.25) is 0 Å². The van der Waals surface area contributed by atoms with Crippen LogP contribution < -0.4 is 11.1 Å². The molecule has 1 aromatic rings. The number of nitrogens with two attached hydrogens (primary N) is 1. The lowest BCUT2D eigenvalue weighted by Crippen LogP contribution is -2.28. The standard InChI is InChI=1S/C12H16ClN3O/c13-10-3-1-9(2-4-10)5-6-15-7-11-8-17-12(14)16-11/h1-4,11,15H,5-8H2,(H2,14,16)/t11-/m1/s1. The van der Waals surface area contributed by atoms with E-state index in [2.05, 4.69) is 10.3 Å². The molecule has 1 atom stereocenters. The van der Waals surface area contributed by atoms with Crippen molar-refractivity contribution >= 4 is 17.6 Å². The van der Waals surface area contributed by atoms with Gasteiger partial charge in [0.05, 0.1) is 0 Å². The summed E-state index contributed by atoms with van der Waals surface area (Å²) in [6.45, 7) is 2.29. The van der Waals surface area contributed by atoms with Crippen LogP contribution in [0.5, 0.6) is 0 Å². The fraction of sp³-hybridized carbons (Fsp3) is 0.417. The Balaban J connectivity index is 1.65. The maximum Gasteiger partial charge on any atom is 0.282 e. The first kappa shape index (κ1) is 12.2. The number of hydrogen-bond acceptors (Lipinski definition) is 4. The van der Waals surface area contributed by atoms with Crippen molar-refractivity contribution in [3.05, 3.63) is 34.9 Å². The van der Waals surface area contributed by atoms with E-state index < -0.39 is 0 Å². The maximum atomic E-state index is 5.82. The van der Waals surface area contributed by atoms with Crippen molar-refractivity contribution in [3.63, 3.8) is 0 Å². The van der Waals surface area contributed by atoms with Gasteiger partial charge in [0.15, 0.2) is 0 Å². The highest BCUT2D eigenvalue weighted by molar-refractivity contribution is 6.30.